The van der Waals surface area contributed by atoms with Gasteiger partial charge in [0.2, 0.25) is 0 Å². The van der Waals surface area contributed by atoms with Crippen LogP contribution in [0.4, 0.5) is 4.39 Å². The zero-order valence-electron chi connectivity index (χ0n) is 14.4. The second-order valence-electron chi connectivity index (χ2n) is 5.84. The number of ether oxygens (including phenoxy) is 2. The van der Waals surface area contributed by atoms with E-state index in [9.17, 15) is 14.0 Å². The van der Waals surface area contributed by atoms with Crippen molar-refractivity contribution in [1.29, 1.82) is 0 Å². The quantitative estimate of drug-likeness (QED) is 0.563. The van der Waals surface area contributed by atoms with Gasteiger partial charge in [-0.15, -0.1) is 0 Å². The molecule has 1 unspecified atom stereocenters. The van der Waals surface area contributed by atoms with Crippen molar-refractivity contribution in [3.8, 4) is 0 Å². The molecule has 134 valence electrons. The number of methoxy groups -OCH3 is 2. The zero-order chi connectivity index (χ0) is 18.7. The predicted octanol–water partition coefficient (Wildman–Crippen LogP) is 3.40. The monoisotopic (exact) mass is 355 g/mol. The zero-order valence-corrected chi connectivity index (χ0v) is 14.4. The summed E-state index contributed by atoms with van der Waals surface area (Å²) in [4.78, 5) is 28.0. The molecule has 1 aromatic heterocycles. The van der Waals surface area contributed by atoms with Gasteiger partial charge in [0.1, 0.15) is 5.82 Å². The summed E-state index contributed by atoms with van der Waals surface area (Å²) in [5, 5.41) is 0.861. The van der Waals surface area contributed by atoms with Gasteiger partial charge in [0.15, 0.2) is 5.92 Å². The van der Waals surface area contributed by atoms with Crippen LogP contribution in [-0.2, 0) is 19.1 Å². The van der Waals surface area contributed by atoms with Gasteiger partial charge in [-0.25, -0.2) is 4.39 Å². The van der Waals surface area contributed by atoms with Crippen LogP contribution in [0.2, 0.25) is 0 Å². The lowest BCUT2D eigenvalue weighted by Gasteiger charge is -2.24. The van der Waals surface area contributed by atoms with Crippen LogP contribution in [0.5, 0.6) is 0 Å². The Balaban J connectivity index is 2.23. The summed E-state index contributed by atoms with van der Waals surface area (Å²) >= 11 is 0. The average molecular weight is 355 g/mol. The van der Waals surface area contributed by atoms with Crippen molar-refractivity contribution in [1.82, 2.24) is 4.98 Å². The lowest BCUT2D eigenvalue weighted by atomic mass is 9.80. The Morgan fingerprint density at radius 1 is 0.962 bits per heavy atom. The third kappa shape index (κ3) is 3.18. The number of hydrogen-bond acceptors (Lipinski definition) is 4. The number of hydrogen-bond donors (Lipinski definition) is 1. The molecule has 0 fully saturated rings. The number of benzene rings is 2. The summed E-state index contributed by atoms with van der Waals surface area (Å²) in [6, 6.07) is 13.2. The Morgan fingerprint density at radius 3 is 2.19 bits per heavy atom. The number of H-pyrrole nitrogens is 1. The van der Waals surface area contributed by atoms with Crippen LogP contribution in [0.25, 0.3) is 10.9 Å². The van der Waals surface area contributed by atoms with E-state index in [4.69, 9.17) is 9.47 Å². The van der Waals surface area contributed by atoms with Crippen molar-refractivity contribution in [3.05, 3.63) is 71.7 Å². The lowest BCUT2D eigenvalue weighted by Crippen LogP contribution is -2.32. The largest absolute Gasteiger partial charge is 0.468 e. The van der Waals surface area contributed by atoms with Crippen LogP contribution in [0, 0.1) is 11.7 Å². The summed E-state index contributed by atoms with van der Waals surface area (Å²) in [6.45, 7) is 0. The first-order valence-corrected chi connectivity index (χ1v) is 8.04. The number of halogens is 1. The van der Waals surface area contributed by atoms with Crippen molar-refractivity contribution in [2.45, 2.75) is 5.92 Å². The number of nitrogens with one attached hydrogen (secondary N) is 1. The number of para-hydroxylation sites is 1. The Bertz CT molecular complexity index is 916. The van der Waals surface area contributed by atoms with Gasteiger partial charge in [-0.1, -0.05) is 30.3 Å². The van der Waals surface area contributed by atoms with Gasteiger partial charge in [0, 0.05) is 23.0 Å². The molecule has 1 atom stereocenters. The minimum Gasteiger partial charge on any atom is -0.468 e. The second-order valence-corrected chi connectivity index (χ2v) is 5.84. The van der Waals surface area contributed by atoms with Gasteiger partial charge < -0.3 is 14.5 Å². The molecule has 1 N–H and O–H groups in total. The normalized spacial score (nSPS) is 12.2. The fourth-order valence-corrected chi connectivity index (χ4v) is 3.20. The number of fused-ring (bicyclic) bond motifs is 1. The van der Waals surface area contributed by atoms with Crippen LogP contribution in [-0.4, -0.2) is 31.1 Å². The van der Waals surface area contributed by atoms with Gasteiger partial charge >= 0.3 is 11.9 Å². The average Bonchev–Trinajstić information content (AvgIpc) is 3.09. The third-order valence-electron chi connectivity index (χ3n) is 4.43. The number of esters is 2. The molecule has 3 rings (SSSR count). The number of rotatable bonds is 5. The van der Waals surface area contributed by atoms with Crippen LogP contribution in [0.15, 0.2) is 54.7 Å². The number of aromatic nitrogens is 1. The summed E-state index contributed by atoms with van der Waals surface area (Å²) in [6.07, 6.45) is 1.75. The fraction of sp³-hybridized carbons (Fsp3) is 0.200. The van der Waals surface area contributed by atoms with Gasteiger partial charge in [-0.3, -0.25) is 9.59 Å². The van der Waals surface area contributed by atoms with E-state index >= 15 is 0 Å². The third-order valence-corrected chi connectivity index (χ3v) is 4.43. The van der Waals surface area contributed by atoms with Crippen LogP contribution < -0.4 is 0 Å². The molecule has 0 amide bonds. The molecule has 0 aliphatic rings. The summed E-state index contributed by atoms with van der Waals surface area (Å²) in [5.41, 5.74) is 2.20. The minimum atomic E-state index is -1.21. The highest BCUT2D eigenvalue weighted by Crippen LogP contribution is 2.37. The Hall–Kier alpha value is -3.15. The summed E-state index contributed by atoms with van der Waals surface area (Å²) in [7, 11) is 2.43. The molecule has 6 heteroatoms. The fourth-order valence-electron chi connectivity index (χ4n) is 3.20. The number of aromatic amines is 1. The van der Waals surface area contributed by atoms with E-state index in [2.05, 4.69) is 4.98 Å². The number of carbonyl (C=O) groups excluding carboxylic acids is 2. The molecular formula is C20H18FNO4. The van der Waals surface area contributed by atoms with Crippen LogP contribution >= 0.6 is 0 Å². The molecule has 0 saturated heterocycles. The Labute approximate surface area is 149 Å². The van der Waals surface area contributed by atoms with Crippen molar-refractivity contribution in [2.24, 2.45) is 5.92 Å². The predicted molar refractivity (Wildman–Crippen MR) is 94.1 cm³/mol. The first kappa shape index (κ1) is 17.7. The van der Waals surface area contributed by atoms with Crippen LogP contribution in [0.1, 0.15) is 17.0 Å². The summed E-state index contributed by atoms with van der Waals surface area (Å²) < 4.78 is 23.1. The SMILES string of the molecule is COC(=O)C(C(=O)OC)C(c1ccc(F)cc1)c1c[nH]c2ccccc12. The maximum Gasteiger partial charge on any atom is 0.321 e. The van der Waals surface area contributed by atoms with E-state index in [1.165, 1.54) is 26.4 Å². The van der Waals surface area contributed by atoms with E-state index in [0.29, 0.717) is 5.56 Å². The van der Waals surface area contributed by atoms with E-state index in [1.54, 1.807) is 18.3 Å². The molecular weight excluding hydrogens is 337 g/mol. The highest BCUT2D eigenvalue weighted by molar-refractivity contribution is 5.98. The topological polar surface area (TPSA) is 68.4 Å². The maximum atomic E-state index is 13.4. The molecule has 1 heterocycles. The Kier molecular flexibility index (Phi) is 5.02. The van der Waals surface area contributed by atoms with E-state index < -0.39 is 29.6 Å². The lowest BCUT2D eigenvalue weighted by molar-refractivity contribution is -0.159. The highest BCUT2D eigenvalue weighted by atomic mass is 19.1. The maximum absolute atomic E-state index is 13.4. The molecule has 0 aliphatic carbocycles. The highest BCUT2D eigenvalue weighted by Gasteiger charge is 2.40. The molecule has 0 radical (unpaired) electrons. The smallest absolute Gasteiger partial charge is 0.321 e. The molecule has 0 spiro atoms. The second kappa shape index (κ2) is 7.39. The molecule has 0 bridgehead atoms. The first-order valence-electron chi connectivity index (χ1n) is 8.04. The standard InChI is InChI=1S/C20H18FNO4/c1-25-19(23)18(20(24)26-2)17(12-7-9-13(21)10-8-12)15-11-22-16-6-4-3-5-14(15)16/h3-11,17-18,22H,1-2H3. The van der Waals surface area contributed by atoms with Crippen molar-refractivity contribution >= 4 is 22.8 Å². The van der Waals surface area contributed by atoms with Gasteiger partial charge in [0.25, 0.3) is 0 Å². The first-order chi connectivity index (χ1) is 12.6. The summed E-state index contributed by atoms with van der Waals surface area (Å²) in [5.74, 6) is -3.73. The van der Waals surface area contributed by atoms with Crippen molar-refractivity contribution in [3.63, 3.8) is 0 Å². The molecule has 2 aromatic carbocycles. The van der Waals surface area contributed by atoms with Gasteiger partial charge in [-0.2, -0.15) is 0 Å². The molecule has 3 aromatic rings. The van der Waals surface area contributed by atoms with Gasteiger partial charge in [-0.05, 0) is 29.3 Å². The van der Waals surface area contributed by atoms with Crippen molar-refractivity contribution in [2.75, 3.05) is 14.2 Å². The van der Waals surface area contributed by atoms with E-state index in [-0.39, 0.29) is 0 Å². The molecule has 0 aliphatic heterocycles. The molecule has 5 nitrogen and oxygen atoms in total. The van der Waals surface area contributed by atoms with Crippen molar-refractivity contribution < 1.29 is 23.5 Å². The molecule has 26 heavy (non-hydrogen) atoms. The van der Waals surface area contributed by atoms with E-state index in [0.717, 1.165) is 16.5 Å². The van der Waals surface area contributed by atoms with E-state index in [1.807, 2.05) is 24.3 Å². The Morgan fingerprint density at radius 2 is 1.58 bits per heavy atom. The number of carbonyl (C=O) groups is 2. The molecule has 0 saturated carbocycles. The van der Waals surface area contributed by atoms with Crippen LogP contribution in [0.3, 0.4) is 0 Å². The minimum absolute atomic E-state index is 0.404. The van der Waals surface area contributed by atoms with Gasteiger partial charge in [0.05, 0.1) is 14.2 Å².